The van der Waals surface area contributed by atoms with Crippen molar-refractivity contribution >= 4 is 35.8 Å². The van der Waals surface area contributed by atoms with Crippen molar-refractivity contribution in [3.63, 3.8) is 0 Å². The van der Waals surface area contributed by atoms with Gasteiger partial charge in [0.15, 0.2) is 5.96 Å². The van der Waals surface area contributed by atoms with Gasteiger partial charge in [0.2, 0.25) is 5.91 Å². The monoisotopic (exact) mass is 484 g/mol. The predicted octanol–water partition coefficient (Wildman–Crippen LogP) is 3.04. The molecular weight excluding hydrogens is 460 g/mol. The van der Waals surface area contributed by atoms with Crippen LogP contribution in [0.15, 0.2) is 29.3 Å². The minimum Gasteiger partial charge on any atom is -0.356 e. The molecule has 146 valence electrons. The number of hydrogen-bond donors (Lipinski definition) is 2. The Kier molecular flexibility index (Phi) is 9.17. The molecule has 0 atom stereocenters. The Bertz CT molecular complexity index is 605. The number of nitrogens with zero attached hydrogens (tertiary/aromatic N) is 2. The first-order valence-electron chi connectivity index (χ1n) is 8.24. The molecule has 1 saturated heterocycles. The number of carbonyl (C=O) groups excluding carboxylic acids is 1. The van der Waals surface area contributed by atoms with E-state index < -0.39 is 12.6 Å². The third kappa shape index (κ3) is 7.79. The third-order valence-electron chi connectivity index (χ3n) is 3.95. The van der Waals surface area contributed by atoms with Crippen LogP contribution in [0.2, 0.25) is 0 Å². The van der Waals surface area contributed by atoms with Crippen LogP contribution in [0, 0.1) is 0 Å². The molecule has 1 aliphatic heterocycles. The van der Waals surface area contributed by atoms with Crippen LogP contribution in [-0.2, 0) is 17.9 Å². The zero-order valence-electron chi connectivity index (χ0n) is 14.6. The lowest BCUT2D eigenvalue weighted by Crippen LogP contribution is -2.38. The highest BCUT2D eigenvalue weighted by atomic mass is 127. The van der Waals surface area contributed by atoms with E-state index in [0.29, 0.717) is 25.5 Å². The molecule has 1 heterocycles. The SMILES string of the molecule is CN=C(NCCC(F)(F)F)NCc1ccc(CN2CCCC2=O)cc1.I. The van der Waals surface area contributed by atoms with E-state index in [-0.39, 0.29) is 36.4 Å². The summed E-state index contributed by atoms with van der Waals surface area (Å²) in [5, 5.41) is 5.61. The van der Waals surface area contributed by atoms with Gasteiger partial charge in [-0.1, -0.05) is 24.3 Å². The van der Waals surface area contributed by atoms with Gasteiger partial charge in [0, 0.05) is 39.6 Å². The summed E-state index contributed by atoms with van der Waals surface area (Å²) in [6.45, 7) is 1.66. The summed E-state index contributed by atoms with van der Waals surface area (Å²) in [4.78, 5) is 17.4. The van der Waals surface area contributed by atoms with Gasteiger partial charge in [-0.15, -0.1) is 24.0 Å². The molecule has 1 amide bonds. The number of aliphatic imine (C=N–C) groups is 1. The molecule has 1 fully saturated rings. The van der Waals surface area contributed by atoms with Crippen molar-refractivity contribution in [3.8, 4) is 0 Å². The zero-order chi connectivity index (χ0) is 18.3. The van der Waals surface area contributed by atoms with E-state index in [1.165, 1.54) is 7.05 Å². The Labute approximate surface area is 168 Å². The summed E-state index contributed by atoms with van der Waals surface area (Å²) in [5.41, 5.74) is 2.04. The van der Waals surface area contributed by atoms with Gasteiger partial charge in [-0.2, -0.15) is 13.2 Å². The zero-order valence-corrected chi connectivity index (χ0v) is 16.9. The average molecular weight is 484 g/mol. The molecule has 1 aromatic carbocycles. The van der Waals surface area contributed by atoms with Crippen LogP contribution in [-0.4, -0.2) is 43.1 Å². The lowest BCUT2D eigenvalue weighted by atomic mass is 10.1. The van der Waals surface area contributed by atoms with E-state index in [2.05, 4.69) is 15.6 Å². The van der Waals surface area contributed by atoms with E-state index in [9.17, 15) is 18.0 Å². The number of benzene rings is 1. The topological polar surface area (TPSA) is 56.7 Å². The van der Waals surface area contributed by atoms with Crippen LogP contribution in [0.5, 0.6) is 0 Å². The van der Waals surface area contributed by atoms with Crippen LogP contribution in [0.1, 0.15) is 30.4 Å². The Balaban J connectivity index is 0.00000338. The Morgan fingerprint density at radius 3 is 2.38 bits per heavy atom. The van der Waals surface area contributed by atoms with E-state index in [4.69, 9.17) is 0 Å². The summed E-state index contributed by atoms with van der Waals surface area (Å²) in [6, 6.07) is 7.79. The lowest BCUT2D eigenvalue weighted by molar-refractivity contribution is -0.133. The van der Waals surface area contributed by atoms with E-state index >= 15 is 0 Å². The van der Waals surface area contributed by atoms with Gasteiger partial charge >= 0.3 is 6.18 Å². The van der Waals surface area contributed by atoms with Gasteiger partial charge in [0.05, 0.1) is 6.42 Å². The summed E-state index contributed by atoms with van der Waals surface area (Å²) in [5.74, 6) is 0.524. The molecule has 2 N–H and O–H groups in total. The van der Waals surface area contributed by atoms with E-state index in [1.54, 1.807) is 0 Å². The van der Waals surface area contributed by atoms with Gasteiger partial charge in [-0.3, -0.25) is 9.79 Å². The summed E-state index contributed by atoms with van der Waals surface area (Å²) in [7, 11) is 1.51. The largest absolute Gasteiger partial charge is 0.390 e. The minimum absolute atomic E-state index is 0. The second kappa shape index (κ2) is 10.6. The number of rotatable bonds is 6. The number of guanidine groups is 1. The molecule has 0 bridgehead atoms. The lowest BCUT2D eigenvalue weighted by Gasteiger charge is -2.16. The predicted molar refractivity (Wildman–Crippen MR) is 105 cm³/mol. The van der Waals surface area contributed by atoms with Gasteiger partial charge in [-0.25, -0.2) is 0 Å². The Hall–Kier alpha value is -1.52. The molecule has 9 heteroatoms. The van der Waals surface area contributed by atoms with Crippen molar-refractivity contribution in [2.24, 2.45) is 4.99 Å². The molecular formula is C17H24F3IN4O. The molecule has 2 rings (SSSR count). The molecule has 1 aliphatic rings. The van der Waals surface area contributed by atoms with Crippen LogP contribution in [0.3, 0.4) is 0 Å². The highest BCUT2D eigenvalue weighted by Crippen LogP contribution is 2.18. The van der Waals surface area contributed by atoms with E-state index in [0.717, 1.165) is 24.1 Å². The third-order valence-corrected chi connectivity index (χ3v) is 3.95. The van der Waals surface area contributed by atoms with Crippen molar-refractivity contribution in [3.05, 3.63) is 35.4 Å². The number of alkyl halides is 3. The fraction of sp³-hybridized carbons (Fsp3) is 0.529. The van der Waals surface area contributed by atoms with Crippen molar-refractivity contribution < 1.29 is 18.0 Å². The molecule has 0 aliphatic carbocycles. The first-order valence-corrected chi connectivity index (χ1v) is 8.24. The first kappa shape index (κ1) is 22.5. The number of nitrogens with one attached hydrogen (secondary N) is 2. The van der Waals surface area contributed by atoms with Crippen molar-refractivity contribution in [2.75, 3.05) is 20.1 Å². The maximum absolute atomic E-state index is 12.1. The van der Waals surface area contributed by atoms with Crippen LogP contribution < -0.4 is 10.6 Å². The smallest absolute Gasteiger partial charge is 0.356 e. The maximum Gasteiger partial charge on any atom is 0.390 e. The molecule has 0 unspecified atom stereocenters. The van der Waals surface area contributed by atoms with Crippen molar-refractivity contribution in [1.29, 1.82) is 0 Å². The van der Waals surface area contributed by atoms with Crippen LogP contribution in [0.25, 0.3) is 0 Å². The number of carbonyl (C=O) groups is 1. The average Bonchev–Trinajstić information content (AvgIpc) is 2.96. The number of amides is 1. The Morgan fingerprint density at radius 2 is 1.85 bits per heavy atom. The molecule has 0 spiro atoms. The van der Waals surface area contributed by atoms with Crippen molar-refractivity contribution in [2.45, 2.75) is 38.5 Å². The quantitative estimate of drug-likeness (QED) is 0.371. The van der Waals surface area contributed by atoms with Gasteiger partial charge in [0.1, 0.15) is 0 Å². The van der Waals surface area contributed by atoms with Gasteiger partial charge in [0.25, 0.3) is 0 Å². The fourth-order valence-corrected chi connectivity index (χ4v) is 2.58. The summed E-state index contributed by atoms with van der Waals surface area (Å²) >= 11 is 0. The first-order chi connectivity index (χ1) is 11.9. The fourth-order valence-electron chi connectivity index (χ4n) is 2.58. The number of hydrogen-bond acceptors (Lipinski definition) is 2. The molecule has 26 heavy (non-hydrogen) atoms. The molecule has 0 aromatic heterocycles. The highest BCUT2D eigenvalue weighted by Gasteiger charge is 2.26. The number of likely N-dealkylation sites (tertiary alicyclic amines) is 1. The summed E-state index contributed by atoms with van der Waals surface area (Å²) in [6.07, 6.45) is -3.54. The maximum atomic E-state index is 12.1. The summed E-state index contributed by atoms with van der Waals surface area (Å²) < 4.78 is 36.4. The van der Waals surface area contributed by atoms with Crippen molar-refractivity contribution in [1.82, 2.24) is 15.5 Å². The molecule has 0 radical (unpaired) electrons. The van der Waals surface area contributed by atoms with Crippen LogP contribution in [0.4, 0.5) is 13.2 Å². The standard InChI is InChI=1S/C17H23F3N4O.HI/c1-21-16(22-9-8-17(18,19)20)23-11-13-4-6-14(7-5-13)12-24-10-2-3-15(24)25;/h4-7H,2-3,8-12H2,1H3,(H2,21,22,23);1H. The van der Waals surface area contributed by atoms with Crippen LogP contribution >= 0.6 is 24.0 Å². The van der Waals surface area contributed by atoms with Gasteiger partial charge < -0.3 is 15.5 Å². The minimum atomic E-state index is -4.18. The highest BCUT2D eigenvalue weighted by molar-refractivity contribution is 14.0. The second-order valence-corrected chi connectivity index (χ2v) is 5.95. The Morgan fingerprint density at radius 1 is 1.19 bits per heavy atom. The molecule has 1 aromatic rings. The second-order valence-electron chi connectivity index (χ2n) is 5.95. The van der Waals surface area contributed by atoms with Gasteiger partial charge in [-0.05, 0) is 17.5 Å². The van der Waals surface area contributed by atoms with E-state index in [1.807, 2.05) is 29.2 Å². The molecule has 5 nitrogen and oxygen atoms in total. The molecule has 0 saturated carbocycles. The normalized spacial score (nSPS) is 15.0. The number of halogens is 4.